The molecule has 0 atom stereocenters. The SMILES string of the molecule is O=C(CSc1nnc(NC2CCCCC2)s1)c1ccc(O)cc1O. The van der Waals surface area contributed by atoms with E-state index in [4.69, 9.17) is 0 Å². The highest BCUT2D eigenvalue weighted by molar-refractivity contribution is 8.01. The van der Waals surface area contributed by atoms with Crippen LogP contribution in [-0.4, -0.2) is 38.0 Å². The van der Waals surface area contributed by atoms with Crippen LogP contribution >= 0.6 is 23.1 Å². The second-order valence-corrected chi connectivity index (χ2v) is 7.97. The topological polar surface area (TPSA) is 95.3 Å². The van der Waals surface area contributed by atoms with Gasteiger partial charge in [0.25, 0.3) is 0 Å². The van der Waals surface area contributed by atoms with Gasteiger partial charge in [0.15, 0.2) is 10.1 Å². The Labute approximate surface area is 148 Å². The number of phenolic OH excluding ortho intramolecular Hbond substituents is 2. The molecule has 6 nitrogen and oxygen atoms in total. The minimum atomic E-state index is -0.213. The molecule has 1 fully saturated rings. The van der Waals surface area contributed by atoms with Crippen molar-refractivity contribution in [1.82, 2.24) is 10.2 Å². The third-order valence-corrected chi connectivity index (χ3v) is 5.94. The monoisotopic (exact) mass is 365 g/mol. The maximum atomic E-state index is 12.2. The molecule has 0 unspecified atom stereocenters. The number of hydrogen-bond acceptors (Lipinski definition) is 8. The third-order valence-electron chi connectivity index (χ3n) is 3.95. The fourth-order valence-electron chi connectivity index (χ4n) is 2.71. The number of nitrogens with zero attached hydrogens (tertiary/aromatic N) is 2. The predicted molar refractivity (Wildman–Crippen MR) is 95.2 cm³/mol. The summed E-state index contributed by atoms with van der Waals surface area (Å²) < 4.78 is 0.722. The molecule has 8 heteroatoms. The van der Waals surface area contributed by atoms with Crippen LogP contribution in [0.2, 0.25) is 0 Å². The van der Waals surface area contributed by atoms with Crippen molar-refractivity contribution in [2.45, 2.75) is 42.5 Å². The number of nitrogens with one attached hydrogen (secondary N) is 1. The number of Topliss-reactive ketones (excluding diaryl/α,β-unsaturated/α-hetero) is 1. The predicted octanol–water partition coefficient (Wildman–Crippen LogP) is 3.67. The number of thioether (sulfide) groups is 1. The van der Waals surface area contributed by atoms with E-state index < -0.39 is 0 Å². The number of carbonyl (C=O) groups is 1. The summed E-state index contributed by atoms with van der Waals surface area (Å²) >= 11 is 2.75. The van der Waals surface area contributed by atoms with Crippen LogP contribution in [0.4, 0.5) is 5.13 Å². The standard InChI is InChI=1S/C16H19N3O3S2/c20-11-6-7-12(13(21)8-11)14(22)9-23-16-19-18-15(24-16)17-10-4-2-1-3-5-10/h6-8,10,20-21H,1-5,9H2,(H,17,18). The van der Waals surface area contributed by atoms with Gasteiger partial charge in [-0.2, -0.15) is 0 Å². The molecule has 0 spiro atoms. The van der Waals surface area contributed by atoms with Crippen LogP contribution in [0.15, 0.2) is 22.5 Å². The highest BCUT2D eigenvalue weighted by Gasteiger charge is 2.17. The summed E-state index contributed by atoms with van der Waals surface area (Å²) in [6.07, 6.45) is 6.15. The maximum absolute atomic E-state index is 12.2. The molecule has 2 aromatic rings. The van der Waals surface area contributed by atoms with Crippen LogP contribution in [0.5, 0.6) is 11.5 Å². The molecule has 0 aliphatic heterocycles. The first-order valence-electron chi connectivity index (χ1n) is 7.90. The van der Waals surface area contributed by atoms with Crippen LogP contribution in [0.3, 0.4) is 0 Å². The quantitative estimate of drug-likeness (QED) is 0.531. The molecule has 1 aromatic carbocycles. The highest BCUT2D eigenvalue weighted by atomic mass is 32.2. The summed E-state index contributed by atoms with van der Waals surface area (Å²) in [4.78, 5) is 12.2. The Hall–Kier alpha value is -1.80. The van der Waals surface area contributed by atoms with E-state index in [1.54, 1.807) is 0 Å². The summed E-state index contributed by atoms with van der Waals surface area (Å²) in [5.74, 6) is -0.331. The second-order valence-electron chi connectivity index (χ2n) is 5.77. The van der Waals surface area contributed by atoms with Gasteiger partial charge in [-0.05, 0) is 25.0 Å². The number of aromatic nitrogens is 2. The van der Waals surface area contributed by atoms with Crippen LogP contribution in [0.25, 0.3) is 0 Å². The number of rotatable bonds is 6. The van der Waals surface area contributed by atoms with Crippen molar-refractivity contribution in [3.8, 4) is 11.5 Å². The molecule has 0 saturated heterocycles. The first-order valence-corrected chi connectivity index (χ1v) is 9.70. The number of anilines is 1. The first-order chi connectivity index (χ1) is 11.6. The van der Waals surface area contributed by atoms with Crippen LogP contribution in [0, 0.1) is 0 Å². The van der Waals surface area contributed by atoms with Gasteiger partial charge in [-0.3, -0.25) is 4.79 Å². The number of carbonyl (C=O) groups excluding carboxylic acids is 1. The third kappa shape index (κ3) is 4.39. The summed E-state index contributed by atoms with van der Waals surface area (Å²) in [5, 5.41) is 31.4. The van der Waals surface area contributed by atoms with Crippen molar-refractivity contribution in [2.24, 2.45) is 0 Å². The average molecular weight is 365 g/mol. The van der Waals surface area contributed by atoms with E-state index in [0.717, 1.165) is 15.5 Å². The van der Waals surface area contributed by atoms with Gasteiger partial charge >= 0.3 is 0 Å². The zero-order valence-electron chi connectivity index (χ0n) is 13.1. The van der Waals surface area contributed by atoms with E-state index in [-0.39, 0.29) is 28.6 Å². The zero-order valence-corrected chi connectivity index (χ0v) is 14.7. The molecular formula is C16H19N3O3S2. The molecule has 1 heterocycles. The Morgan fingerprint density at radius 3 is 2.79 bits per heavy atom. The van der Waals surface area contributed by atoms with Crippen molar-refractivity contribution >= 4 is 34.0 Å². The van der Waals surface area contributed by atoms with Crippen molar-refractivity contribution in [3.63, 3.8) is 0 Å². The molecule has 0 amide bonds. The Kier molecular flexibility index (Phi) is 5.57. The van der Waals surface area contributed by atoms with Crippen LogP contribution < -0.4 is 5.32 Å². The van der Waals surface area contributed by atoms with E-state index in [1.807, 2.05) is 0 Å². The maximum Gasteiger partial charge on any atom is 0.206 e. The molecule has 0 bridgehead atoms. The van der Waals surface area contributed by atoms with Crippen LogP contribution in [0.1, 0.15) is 42.5 Å². The molecule has 0 radical (unpaired) electrons. The smallest absolute Gasteiger partial charge is 0.206 e. The van der Waals surface area contributed by atoms with Gasteiger partial charge in [0.1, 0.15) is 11.5 Å². The van der Waals surface area contributed by atoms with E-state index in [2.05, 4.69) is 15.5 Å². The summed E-state index contributed by atoms with van der Waals surface area (Å²) in [5.41, 5.74) is 0.199. The van der Waals surface area contributed by atoms with Gasteiger partial charge in [0, 0.05) is 12.1 Å². The second kappa shape index (κ2) is 7.85. The largest absolute Gasteiger partial charge is 0.508 e. The molecule has 3 rings (SSSR count). The summed E-state index contributed by atoms with van der Waals surface area (Å²) in [6.45, 7) is 0. The number of benzene rings is 1. The molecular weight excluding hydrogens is 346 g/mol. The minimum absolute atomic E-state index is 0.0701. The fourth-order valence-corrected chi connectivity index (χ4v) is 4.42. The summed E-state index contributed by atoms with van der Waals surface area (Å²) in [7, 11) is 0. The van der Waals surface area contributed by atoms with Crippen LogP contribution in [-0.2, 0) is 0 Å². The van der Waals surface area contributed by atoms with E-state index in [9.17, 15) is 15.0 Å². The zero-order chi connectivity index (χ0) is 16.9. The minimum Gasteiger partial charge on any atom is -0.508 e. The molecule has 1 aromatic heterocycles. The van der Waals surface area contributed by atoms with Crippen molar-refractivity contribution in [3.05, 3.63) is 23.8 Å². The van der Waals surface area contributed by atoms with Gasteiger partial charge in [0.2, 0.25) is 5.13 Å². The van der Waals surface area contributed by atoms with Gasteiger partial charge in [0.05, 0.1) is 11.3 Å². The van der Waals surface area contributed by atoms with Crippen molar-refractivity contribution in [1.29, 1.82) is 0 Å². The van der Waals surface area contributed by atoms with E-state index in [0.29, 0.717) is 6.04 Å². The lowest BCUT2D eigenvalue weighted by atomic mass is 9.96. The van der Waals surface area contributed by atoms with E-state index in [1.165, 1.54) is 67.3 Å². The lowest BCUT2D eigenvalue weighted by molar-refractivity contribution is 0.102. The molecule has 24 heavy (non-hydrogen) atoms. The average Bonchev–Trinajstić information content (AvgIpc) is 3.01. The Morgan fingerprint density at radius 1 is 1.25 bits per heavy atom. The molecule has 1 aliphatic carbocycles. The Balaban J connectivity index is 1.54. The highest BCUT2D eigenvalue weighted by Crippen LogP contribution is 2.30. The fraction of sp³-hybridized carbons (Fsp3) is 0.438. The lowest BCUT2D eigenvalue weighted by Crippen LogP contribution is -2.21. The van der Waals surface area contributed by atoms with Gasteiger partial charge in [-0.25, -0.2) is 0 Å². The Morgan fingerprint density at radius 2 is 2.04 bits per heavy atom. The number of ketones is 1. The number of phenols is 2. The number of aromatic hydroxyl groups is 2. The molecule has 128 valence electrons. The van der Waals surface area contributed by atoms with Gasteiger partial charge in [-0.15, -0.1) is 10.2 Å². The van der Waals surface area contributed by atoms with Gasteiger partial charge in [-0.1, -0.05) is 42.4 Å². The summed E-state index contributed by atoms with van der Waals surface area (Å²) in [6, 6.07) is 4.44. The van der Waals surface area contributed by atoms with E-state index >= 15 is 0 Å². The normalized spacial score (nSPS) is 15.3. The molecule has 1 aliphatic rings. The Bertz CT molecular complexity index is 714. The van der Waals surface area contributed by atoms with Gasteiger partial charge < -0.3 is 15.5 Å². The first kappa shape index (κ1) is 17.0. The lowest BCUT2D eigenvalue weighted by Gasteiger charge is -2.21. The van der Waals surface area contributed by atoms with Crippen molar-refractivity contribution < 1.29 is 15.0 Å². The molecule has 1 saturated carbocycles. The number of hydrogen-bond donors (Lipinski definition) is 3. The molecule has 3 N–H and O–H groups in total. The van der Waals surface area contributed by atoms with Crippen molar-refractivity contribution in [2.75, 3.05) is 11.1 Å².